The fourth-order valence-electron chi connectivity index (χ4n) is 1.79. The molecule has 2 aromatic carbocycles. The summed E-state index contributed by atoms with van der Waals surface area (Å²) in [4.78, 5) is 11.8. The lowest BCUT2D eigenvalue weighted by Crippen LogP contribution is -2.28. The number of benzene rings is 2. The first-order valence-electron chi connectivity index (χ1n) is 6.60. The van der Waals surface area contributed by atoms with E-state index in [9.17, 15) is 18.0 Å². The van der Waals surface area contributed by atoms with Gasteiger partial charge in [0.15, 0.2) is 0 Å². The van der Waals surface area contributed by atoms with Gasteiger partial charge >= 0.3 is 6.18 Å². The molecule has 3 nitrogen and oxygen atoms in total. The number of nitrogens with one attached hydrogen (secondary N) is 1. The van der Waals surface area contributed by atoms with Crippen LogP contribution in [0.1, 0.15) is 15.9 Å². The standard InChI is InChI=1S/C16H14F3NO2/c17-16(18,19)13-6-4-5-12(11-13)15(21)20-9-10-22-14-7-2-1-3-8-14/h1-8,11H,9-10H2,(H,20,21). The third-order valence-electron chi connectivity index (χ3n) is 2.85. The monoisotopic (exact) mass is 309 g/mol. The molecule has 0 radical (unpaired) electrons. The Labute approximate surface area is 125 Å². The average molecular weight is 309 g/mol. The lowest BCUT2D eigenvalue weighted by molar-refractivity contribution is -0.137. The van der Waals surface area contributed by atoms with Gasteiger partial charge in [0.2, 0.25) is 0 Å². The second-order valence-corrected chi connectivity index (χ2v) is 4.50. The summed E-state index contributed by atoms with van der Waals surface area (Å²) in [5, 5.41) is 2.52. The zero-order chi connectivity index (χ0) is 16.0. The van der Waals surface area contributed by atoms with E-state index in [1.165, 1.54) is 12.1 Å². The number of amides is 1. The van der Waals surface area contributed by atoms with Crippen LogP contribution in [-0.2, 0) is 6.18 Å². The van der Waals surface area contributed by atoms with Crippen molar-refractivity contribution in [1.82, 2.24) is 5.32 Å². The molecular weight excluding hydrogens is 295 g/mol. The molecule has 0 aromatic heterocycles. The Kier molecular flexibility index (Phi) is 5.04. The number of hydrogen-bond donors (Lipinski definition) is 1. The molecule has 0 saturated carbocycles. The van der Waals surface area contributed by atoms with Crippen LogP contribution in [-0.4, -0.2) is 19.1 Å². The van der Waals surface area contributed by atoms with Crippen molar-refractivity contribution in [3.8, 4) is 5.75 Å². The molecule has 0 saturated heterocycles. The first-order chi connectivity index (χ1) is 10.5. The molecule has 0 unspecified atom stereocenters. The van der Waals surface area contributed by atoms with Gasteiger partial charge < -0.3 is 10.1 Å². The molecular formula is C16H14F3NO2. The van der Waals surface area contributed by atoms with Gasteiger partial charge in [0.1, 0.15) is 12.4 Å². The largest absolute Gasteiger partial charge is 0.492 e. The molecule has 0 aliphatic heterocycles. The topological polar surface area (TPSA) is 38.3 Å². The third kappa shape index (κ3) is 4.51. The van der Waals surface area contributed by atoms with Crippen LogP contribution in [0.25, 0.3) is 0 Å². The van der Waals surface area contributed by atoms with E-state index in [1.807, 2.05) is 18.2 Å². The maximum atomic E-state index is 12.6. The van der Waals surface area contributed by atoms with Crippen molar-refractivity contribution in [3.63, 3.8) is 0 Å². The Balaban J connectivity index is 1.85. The smallest absolute Gasteiger partial charge is 0.416 e. The van der Waals surface area contributed by atoms with E-state index in [4.69, 9.17) is 4.74 Å². The molecule has 1 N–H and O–H groups in total. The average Bonchev–Trinajstić information content (AvgIpc) is 2.52. The van der Waals surface area contributed by atoms with Crippen molar-refractivity contribution in [3.05, 3.63) is 65.7 Å². The number of halogens is 3. The highest BCUT2D eigenvalue weighted by molar-refractivity contribution is 5.94. The SMILES string of the molecule is O=C(NCCOc1ccccc1)c1cccc(C(F)(F)F)c1. The predicted molar refractivity (Wildman–Crippen MR) is 75.7 cm³/mol. The molecule has 0 spiro atoms. The minimum atomic E-state index is -4.47. The highest BCUT2D eigenvalue weighted by Gasteiger charge is 2.30. The fourth-order valence-corrected chi connectivity index (χ4v) is 1.79. The summed E-state index contributed by atoms with van der Waals surface area (Å²) in [7, 11) is 0. The van der Waals surface area contributed by atoms with Crippen molar-refractivity contribution < 1.29 is 22.7 Å². The van der Waals surface area contributed by atoms with E-state index < -0.39 is 17.6 Å². The molecule has 0 aliphatic carbocycles. The molecule has 22 heavy (non-hydrogen) atoms. The maximum Gasteiger partial charge on any atom is 0.416 e. The molecule has 0 atom stereocenters. The van der Waals surface area contributed by atoms with Crippen molar-refractivity contribution >= 4 is 5.91 Å². The van der Waals surface area contributed by atoms with Crippen molar-refractivity contribution in [2.75, 3.05) is 13.2 Å². The summed E-state index contributed by atoms with van der Waals surface area (Å²) in [6, 6.07) is 13.3. The number of para-hydroxylation sites is 1. The highest BCUT2D eigenvalue weighted by atomic mass is 19.4. The molecule has 2 aromatic rings. The molecule has 2 rings (SSSR count). The third-order valence-corrected chi connectivity index (χ3v) is 2.85. The van der Waals surface area contributed by atoms with Crippen LogP contribution in [0.3, 0.4) is 0 Å². The summed E-state index contributed by atoms with van der Waals surface area (Å²) in [6.45, 7) is 0.429. The molecule has 6 heteroatoms. The number of hydrogen-bond acceptors (Lipinski definition) is 2. The summed E-state index contributed by atoms with van der Waals surface area (Å²) in [5.41, 5.74) is -0.879. The zero-order valence-corrected chi connectivity index (χ0v) is 11.6. The second-order valence-electron chi connectivity index (χ2n) is 4.50. The number of ether oxygens (including phenoxy) is 1. The minimum Gasteiger partial charge on any atom is -0.492 e. The highest BCUT2D eigenvalue weighted by Crippen LogP contribution is 2.29. The van der Waals surface area contributed by atoms with Gasteiger partial charge in [-0.15, -0.1) is 0 Å². The Morgan fingerprint density at radius 2 is 1.77 bits per heavy atom. The first-order valence-corrected chi connectivity index (χ1v) is 6.60. The van der Waals surface area contributed by atoms with Gasteiger partial charge in [-0.2, -0.15) is 13.2 Å². The number of alkyl halides is 3. The van der Waals surface area contributed by atoms with Crippen molar-refractivity contribution in [1.29, 1.82) is 0 Å². The van der Waals surface area contributed by atoms with Gasteiger partial charge in [-0.05, 0) is 30.3 Å². The predicted octanol–water partition coefficient (Wildman–Crippen LogP) is 3.51. The van der Waals surface area contributed by atoms with Crippen LogP contribution in [0.5, 0.6) is 5.75 Å². The van der Waals surface area contributed by atoms with Crippen LogP contribution >= 0.6 is 0 Å². The Morgan fingerprint density at radius 3 is 2.45 bits per heavy atom. The van der Waals surface area contributed by atoms with E-state index in [-0.39, 0.29) is 18.7 Å². The van der Waals surface area contributed by atoms with Crippen LogP contribution in [0.4, 0.5) is 13.2 Å². The second kappa shape index (κ2) is 6.98. The normalized spacial score (nSPS) is 11.0. The summed E-state index contributed by atoms with van der Waals surface area (Å²) >= 11 is 0. The van der Waals surface area contributed by atoms with Crippen molar-refractivity contribution in [2.45, 2.75) is 6.18 Å². The van der Waals surface area contributed by atoms with Gasteiger partial charge in [-0.1, -0.05) is 24.3 Å². The number of carbonyl (C=O) groups excluding carboxylic acids is 1. The quantitative estimate of drug-likeness (QED) is 0.858. The summed E-state index contributed by atoms with van der Waals surface area (Å²) in [6.07, 6.45) is -4.47. The van der Waals surface area contributed by atoms with Gasteiger partial charge in [0.25, 0.3) is 5.91 Å². The van der Waals surface area contributed by atoms with E-state index in [2.05, 4.69) is 5.32 Å². The minimum absolute atomic E-state index is 0.0328. The van der Waals surface area contributed by atoms with Gasteiger partial charge in [-0.25, -0.2) is 0 Å². The van der Waals surface area contributed by atoms with E-state index in [0.29, 0.717) is 5.75 Å². The Bertz CT molecular complexity index is 627. The van der Waals surface area contributed by atoms with Gasteiger partial charge in [-0.3, -0.25) is 4.79 Å². The van der Waals surface area contributed by atoms with Crippen molar-refractivity contribution in [2.24, 2.45) is 0 Å². The molecule has 0 bridgehead atoms. The van der Waals surface area contributed by atoms with Crippen LogP contribution in [0, 0.1) is 0 Å². The fraction of sp³-hybridized carbons (Fsp3) is 0.188. The van der Waals surface area contributed by atoms with E-state index >= 15 is 0 Å². The van der Waals surface area contributed by atoms with Crippen LogP contribution < -0.4 is 10.1 Å². The van der Waals surface area contributed by atoms with Gasteiger partial charge in [0, 0.05) is 5.56 Å². The molecule has 116 valence electrons. The molecule has 0 fully saturated rings. The molecule has 0 aliphatic rings. The lowest BCUT2D eigenvalue weighted by atomic mass is 10.1. The number of rotatable bonds is 5. The van der Waals surface area contributed by atoms with Crippen LogP contribution in [0.2, 0.25) is 0 Å². The van der Waals surface area contributed by atoms with Gasteiger partial charge in [0.05, 0.1) is 12.1 Å². The van der Waals surface area contributed by atoms with E-state index in [1.54, 1.807) is 12.1 Å². The lowest BCUT2D eigenvalue weighted by Gasteiger charge is -2.10. The molecule has 1 amide bonds. The summed E-state index contributed by atoms with van der Waals surface area (Å²) in [5.74, 6) is 0.0959. The number of carbonyl (C=O) groups is 1. The Morgan fingerprint density at radius 1 is 1.05 bits per heavy atom. The zero-order valence-electron chi connectivity index (χ0n) is 11.6. The van der Waals surface area contributed by atoms with E-state index in [0.717, 1.165) is 12.1 Å². The Hall–Kier alpha value is -2.50. The maximum absolute atomic E-state index is 12.6. The van der Waals surface area contributed by atoms with Crippen LogP contribution in [0.15, 0.2) is 54.6 Å². The summed E-state index contributed by atoms with van der Waals surface area (Å²) < 4.78 is 43.1. The molecule has 0 heterocycles. The first kappa shape index (κ1) is 15.9.